The molecule has 0 bridgehead atoms. The number of carbonyl (C=O) groups is 2. The van der Waals surface area contributed by atoms with Crippen LogP contribution in [0.2, 0.25) is 0 Å². The highest BCUT2D eigenvalue weighted by molar-refractivity contribution is 6.01. The molecule has 6 nitrogen and oxygen atoms in total. The van der Waals surface area contributed by atoms with E-state index >= 15 is 0 Å². The maximum Gasteiger partial charge on any atom is 0.324 e. The highest BCUT2D eigenvalue weighted by Gasteiger charge is 2.27. The summed E-state index contributed by atoms with van der Waals surface area (Å²) in [6, 6.07) is -0.328. The third-order valence-electron chi connectivity index (χ3n) is 2.22. The van der Waals surface area contributed by atoms with E-state index in [1.165, 1.54) is 4.90 Å². The van der Waals surface area contributed by atoms with Gasteiger partial charge in [0.1, 0.15) is 0 Å². The predicted molar refractivity (Wildman–Crippen MR) is 54.3 cm³/mol. The maximum absolute atomic E-state index is 11.2. The van der Waals surface area contributed by atoms with Crippen molar-refractivity contribution in [1.29, 1.82) is 0 Å². The van der Waals surface area contributed by atoms with E-state index in [2.05, 4.69) is 5.32 Å². The summed E-state index contributed by atoms with van der Waals surface area (Å²) >= 11 is 0. The van der Waals surface area contributed by atoms with Crippen LogP contribution in [0.5, 0.6) is 0 Å². The average molecular weight is 215 g/mol. The van der Waals surface area contributed by atoms with Gasteiger partial charge < -0.3 is 15.3 Å². The third kappa shape index (κ3) is 3.49. The summed E-state index contributed by atoms with van der Waals surface area (Å²) in [6.45, 7) is 3.27. The SMILES string of the molecule is CC(O)CN(C)CCN1C(=O)CNC1=O. The van der Waals surface area contributed by atoms with Gasteiger partial charge >= 0.3 is 6.03 Å². The first-order valence-corrected chi connectivity index (χ1v) is 4.95. The van der Waals surface area contributed by atoms with Crippen molar-refractivity contribution in [3.8, 4) is 0 Å². The number of nitrogens with zero attached hydrogens (tertiary/aromatic N) is 2. The van der Waals surface area contributed by atoms with Gasteiger partial charge in [0.25, 0.3) is 0 Å². The zero-order valence-electron chi connectivity index (χ0n) is 9.06. The fraction of sp³-hybridized carbons (Fsp3) is 0.778. The van der Waals surface area contributed by atoms with Gasteiger partial charge in [0.05, 0.1) is 12.6 Å². The summed E-state index contributed by atoms with van der Waals surface area (Å²) in [7, 11) is 1.84. The Balaban J connectivity index is 2.30. The van der Waals surface area contributed by atoms with E-state index in [1.54, 1.807) is 6.92 Å². The fourth-order valence-electron chi connectivity index (χ4n) is 1.49. The molecule has 0 radical (unpaired) electrons. The number of carbonyl (C=O) groups excluding carboxylic acids is 2. The molecule has 1 atom stereocenters. The number of hydrogen-bond donors (Lipinski definition) is 2. The van der Waals surface area contributed by atoms with Crippen LogP contribution in [0.25, 0.3) is 0 Å². The van der Waals surface area contributed by atoms with Crippen LogP contribution in [0.15, 0.2) is 0 Å². The zero-order chi connectivity index (χ0) is 11.4. The van der Waals surface area contributed by atoms with Gasteiger partial charge in [0.15, 0.2) is 0 Å². The number of hydrogen-bond acceptors (Lipinski definition) is 4. The summed E-state index contributed by atoms with van der Waals surface area (Å²) in [5, 5.41) is 11.6. The molecule has 1 saturated heterocycles. The highest BCUT2D eigenvalue weighted by Crippen LogP contribution is 1.99. The van der Waals surface area contributed by atoms with E-state index < -0.39 is 6.10 Å². The van der Waals surface area contributed by atoms with E-state index in [4.69, 9.17) is 5.11 Å². The van der Waals surface area contributed by atoms with Crippen molar-refractivity contribution in [3.05, 3.63) is 0 Å². The molecule has 1 fully saturated rings. The van der Waals surface area contributed by atoms with Crippen molar-refractivity contribution in [2.75, 3.05) is 33.2 Å². The summed E-state index contributed by atoms with van der Waals surface area (Å²) in [5.74, 6) is -0.189. The molecule has 86 valence electrons. The molecule has 0 spiro atoms. The standard InChI is InChI=1S/C9H17N3O3/c1-7(13)6-11(2)3-4-12-8(14)5-10-9(12)15/h7,13H,3-6H2,1-2H3,(H,10,15). The third-order valence-corrected chi connectivity index (χ3v) is 2.22. The van der Waals surface area contributed by atoms with Crippen LogP contribution in [0.1, 0.15) is 6.92 Å². The molecule has 0 aromatic rings. The Morgan fingerprint density at radius 1 is 1.60 bits per heavy atom. The summed E-state index contributed by atoms with van der Waals surface area (Å²) < 4.78 is 0. The number of aliphatic hydroxyl groups excluding tert-OH is 1. The highest BCUT2D eigenvalue weighted by atomic mass is 16.3. The van der Waals surface area contributed by atoms with Gasteiger partial charge in [-0.25, -0.2) is 4.79 Å². The Bertz CT molecular complexity index is 239. The summed E-state index contributed by atoms with van der Waals surface area (Å²) in [5.41, 5.74) is 0. The van der Waals surface area contributed by atoms with Crippen LogP contribution in [0.3, 0.4) is 0 Å². The maximum atomic E-state index is 11.2. The van der Waals surface area contributed by atoms with Crippen molar-refractivity contribution in [3.63, 3.8) is 0 Å². The number of nitrogens with one attached hydrogen (secondary N) is 1. The molecule has 3 amide bonds. The van der Waals surface area contributed by atoms with Gasteiger partial charge in [-0.3, -0.25) is 9.69 Å². The van der Waals surface area contributed by atoms with Crippen LogP contribution in [0, 0.1) is 0 Å². The lowest BCUT2D eigenvalue weighted by molar-refractivity contribution is -0.125. The minimum absolute atomic E-state index is 0.0962. The molecule has 1 unspecified atom stereocenters. The molecular formula is C9H17N3O3. The number of rotatable bonds is 5. The second-order valence-corrected chi connectivity index (χ2v) is 3.82. The van der Waals surface area contributed by atoms with Crippen LogP contribution in [-0.4, -0.2) is 66.2 Å². The second-order valence-electron chi connectivity index (χ2n) is 3.82. The van der Waals surface area contributed by atoms with Crippen molar-refractivity contribution >= 4 is 11.9 Å². The van der Waals surface area contributed by atoms with Crippen molar-refractivity contribution in [1.82, 2.24) is 15.1 Å². The number of amides is 3. The molecule has 6 heteroatoms. The number of urea groups is 1. The Hall–Kier alpha value is -1.14. The number of aliphatic hydroxyl groups is 1. The molecular weight excluding hydrogens is 198 g/mol. The van der Waals surface area contributed by atoms with Gasteiger partial charge in [-0.1, -0.05) is 0 Å². The molecule has 1 rings (SSSR count). The lowest BCUT2D eigenvalue weighted by atomic mass is 10.3. The summed E-state index contributed by atoms with van der Waals surface area (Å²) in [6.07, 6.45) is -0.405. The van der Waals surface area contributed by atoms with Crippen LogP contribution >= 0.6 is 0 Å². The lowest BCUT2D eigenvalue weighted by Gasteiger charge is -2.20. The summed E-state index contributed by atoms with van der Waals surface area (Å²) in [4.78, 5) is 25.4. The first kappa shape index (κ1) is 11.9. The van der Waals surface area contributed by atoms with Crippen LogP contribution in [-0.2, 0) is 4.79 Å². The molecule has 15 heavy (non-hydrogen) atoms. The minimum atomic E-state index is -0.405. The molecule has 1 heterocycles. The Kier molecular flexibility index (Phi) is 4.05. The number of likely N-dealkylation sites (N-methyl/N-ethyl adjacent to an activating group) is 1. The van der Waals surface area contributed by atoms with Gasteiger partial charge in [0, 0.05) is 19.6 Å². The Labute approximate surface area is 88.8 Å². The van der Waals surface area contributed by atoms with Crippen molar-refractivity contribution in [2.45, 2.75) is 13.0 Å². The van der Waals surface area contributed by atoms with E-state index in [0.29, 0.717) is 19.6 Å². The van der Waals surface area contributed by atoms with E-state index in [-0.39, 0.29) is 18.5 Å². The lowest BCUT2D eigenvalue weighted by Crippen LogP contribution is -2.39. The largest absolute Gasteiger partial charge is 0.392 e. The molecule has 0 saturated carbocycles. The van der Waals surface area contributed by atoms with Gasteiger partial charge in [0.2, 0.25) is 5.91 Å². The first-order valence-electron chi connectivity index (χ1n) is 4.95. The van der Waals surface area contributed by atoms with Crippen LogP contribution in [0.4, 0.5) is 4.79 Å². The fourth-order valence-corrected chi connectivity index (χ4v) is 1.49. The molecule has 0 aliphatic carbocycles. The smallest absolute Gasteiger partial charge is 0.324 e. The minimum Gasteiger partial charge on any atom is -0.392 e. The molecule has 0 aromatic heterocycles. The van der Waals surface area contributed by atoms with E-state index in [0.717, 1.165) is 0 Å². The van der Waals surface area contributed by atoms with E-state index in [1.807, 2.05) is 11.9 Å². The number of imide groups is 1. The van der Waals surface area contributed by atoms with Crippen LogP contribution < -0.4 is 5.32 Å². The Morgan fingerprint density at radius 2 is 2.27 bits per heavy atom. The molecule has 0 aromatic carbocycles. The quantitative estimate of drug-likeness (QED) is 0.568. The molecule has 1 aliphatic heterocycles. The van der Waals surface area contributed by atoms with Gasteiger partial charge in [-0.05, 0) is 14.0 Å². The van der Waals surface area contributed by atoms with Gasteiger partial charge in [-0.2, -0.15) is 0 Å². The van der Waals surface area contributed by atoms with Gasteiger partial charge in [-0.15, -0.1) is 0 Å². The molecule has 2 N–H and O–H groups in total. The normalized spacial score (nSPS) is 18.5. The van der Waals surface area contributed by atoms with Crippen molar-refractivity contribution < 1.29 is 14.7 Å². The monoisotopic (exact) mass is 215 g/mol. The zero-order valence-corrected chi connectivity index (χ0v) is 9.06. The van der Waals surface area contributed by atoms with E-state index in [9.17, 15) is 9.59 Å². The first-order chi connectivity index (χ1) is 7.00. The Morgan fingerprint density at radius 3 is 2.73 bits per heavy atom. The van der Waals surface area contributed by atoms with Crippen molar-refractivity contribution in [2.24, 2.45) is 0 Å². The average Bonchev–Trinajstić information content (AvgIpc) is 2.42. The topological polar surface area (TPSA) is 72.9 Å². The molecule has 1 aliphatic rings. The predicted octanol–water partition coefficient (Wildman–Crippen LogP) is -1.15. The second kappa shape index (κ2) is 5.09.